The number of anilines is 1. The molecule has 1 saturated heterocycles. The van der Waals surface area contributed by atoms with Gasteiger partial charge in [0.05, 0.1) is 18.0 Å². The highest BCUT2D eigenvalue weighted by molar-refractivity contribution is 6.01. The minimum absolute atomic E-state index is 0.0631. The lowest BCUT2D eigenvalue weighted by atomic mass is 9.78. The molecule has 1 fully saturated rings. The number of carbonyl (C=O) groups is 3. The molecule has 8 heteroatoms. The second-order valence-electron chi connectivity index (χ2n) is 9.73. The van der Waals surface area contributed by atoms with Crippen LogP contribution in [0.25, 0.3) is 6.08 Å². The normalized spacial score (nSPS) is 21.1. The molecule has 0 radical (unpaired) electrons. The number of carbonyl (C=O) groups excluding carboxylic acids is 3. The van der Waals surface area contributed by atoms with Gasteiger partial charge in [-0.3, -0.25) is 24.5 Å². The Labute approximate surface area is 220 Å². The van der Waals surface area contributed by atoms with Gasteiger partial charge in [0.15, 0.2) is 5.78 Å². The third-order valence-electron chi connectivity index (χ3n) is 7.08. The molecule has 2 amide bonds. The molecule has 0 aliphatic carbocycles. The number of para-hydroxylation sites is 1. The van der Waals surface area contributed by atoms with Crippen LogP contribution in [0.15, 0.2) is 84.9 Å². The first-order valence-electron chi connectivity index (χ1n) is 12.6. The third-order valence-corrected chi connectivity index (χ3v) is 7.08. The van der Waals surface area contributed by atoms with E-state index >= 15 is 0 Å². The molecule has 3 aromatic carbocycles. The SMILES string of the molecule is O=C(C=Cc1ccc2c(c1)C(=O)CC1(CCN(Cc3ccccc3)C(C(=O)Nc3ccccc3)C1)O2)NO. The molecular weight excluding hydrogens is 482 g/mol. The van der Waals surface area contributed by atoms with E-state index in [9.17, 15) is 14.4 Å². The lowest BCUT2D eigenvalue weighted by Crippen LogP contribution is -2.58. The average Bonchev–Trinajstić information content (AvgIpc) is 2.94. The smallest absolute Gasteiger partial charge is 0.267 e. The standard InChI is InChI=1S/C30H29N3O5/c34-26-19-30(38-27-13-11-21(17-24(26)27)12-14-28(35)32-37)15-16-33(20-22-7-3-1-4-8-22)25(18-30)29(36)31-23-9-5-2-6-10-23/h1-14,17,25,37H,15-16,18-20H2,(H,31,36)(H,32,35). The van der Waals surface area contributed by atoms with Crippen molar-refractivity contribution in [3.05, 3.63) is 102 Å². The summed E-state index contributed by atoms with van der Waals surface area (Å²) < 4.78 is 6.49. The highest BCUT2D eigenvalue weighted by Crippen LogP contribution is 2.42. The van der Waals surface area contributed by atoms with Gasteiger partial charge in [-0.05, 0) is 41.5 Å². The Balaban J connectivity index is 1.39. The number of Topliss-reactive ketones (excluding diaryl/α,β-unsaturated/α-hetero) is 1. The van der Waals surface area contributed by atoms with Gasteiger partial charge < -0.3 is 10.1 Å². The fraction of sp³-hybridized carbons (Fsp3) is 0.233. The van der Waals surface area contributed by atoms with Crippen molar-refractivity contribution < 1.29 is 24.3 Å². The monoisotopic (exact) mass is 511 g/mol. The first-order valence-corrected chi connectivity index (χ1v) is 12.6. The second kappa shape index (κ2) is 11.0. The van der Waals surface area contributed by atoms with Gasteiger partial charge in [0.1, 0.15) is 11.4 Å². The number of amides is 2. The number of ketones is 1. The number of benzene rings is 3. The van der Waals surface area contributed by atoms with Crippen molar-refractivity contribution >= 4 is 29.4 Å². The minimum atomic E-state index is -0.788. The Hall–Kier alpha value is -4.27. The summed E-state index contributed by atoms with van der Waals surface area (Å²) in [6.45, 7) is 1.22. The molecule has 5 rings (SSSR count). The predicted molar refractivity (Wildman–Crippen MR) is 143 cm³/mol. The molecule has 1 spiro atoms. The van der Waals surface area contributed by atoms with Crippen LogP contribution in [0.2, 0.25) is 0 Å². The van der Waals surface area contributed by atoms with Gasteiger partial charge in [-0.25, -0.2) is 5.48 Å². The van der Waals surface area contributed by atoms with Gasteiger partial charge in [0.2, 0.25) is 5.91 Å². The van der Waals surface area contributed by atoms with E-state index in [1.54, 1.807) is 18.2 Å². The van der Waals surface area contributed by atoms with E-state index in [0.717, 1.165) is 11.3 Å². The molecule has 8 nitrogen and oxygen atoms in total. The highest BCUT2D eigenvalue weighted by Gasteiger charge is 2.48. The quantitative estimate of drug-likeness (QED) is 0.260. The topological polar surface area (TPSA) is 108 Å². The van der Waals surface area contributed by atoms with Crippen LogP contribution < -0.4 is 15.5 Å². The number of ether oxygens (including phenoxy) is 1. The maximum absolute atomic E-state index is 13.6. The number of hydrogen-bond acceptors (Lipinski definition) is 6. The van der Waals surface area contributed by atoms with Crippen LogP contribution in [0.3, 0.4) is 0 Å². The van der Waals surface area contributed by atoms with Crippen molar-refractivity contribution in [3.8, 4) is 5.75 Å². The molecule has 3 aromatic rings. The van der Waals surface area contributed by atoms with Gasteiger partial charge in [0, 0.05) is 37.7 Å². The third kappa shape index (κ3) is 5.66. The number of rotatable bonds is 6. The first-order chi connectivity index (χ1) is 18.4. The maximum Gasteiger partial charge on any atom is 0.267 e. The summed E-state index contributed by atoms with van der Waals surface area (Å²) in [5.41, 5.74) is 3.67. The van der Waals surface area contributed by atoms with E-state index in [1.165, 1.54) is 17.6 Å². The number of nitrogens with zero attached hydrogens (tertiary/aromatic N) is 1. The summed E-state index contributed by atoms with van der Waals surface area (Å²) in [6.07, 6.45) is 3.84. The highest BCUT2D eigenvalue weighted by atomic mass is 16.5. The summed E-state index contributed by atoms with van der Waals surface area (Å²) in [5, 5.41) is 11.7. The summed E-state index contributed by atoms with van der Waals surface area (Å²) in [7, 11) is 0. The Morgan fingerprint density at radius 1 is 1.05 bits per heavy atom. The zero-order valence-electron chi connectivity index (χ0n) is 20.8. The van der Waals surface area contributed by atoms with E-state index in [1.807, 2.05) is 60.7 Å². The Kier molecular flexibility index (Phi) is 7.35. The van der Waals surface area contributed by atoms with Crippen molar-refractivity contribution in [1.29, 1.82) is 0 Å². The Bertz CT molecular complexity index is 1360. The number of nitrogens with one attached hydrogen (secondary N) is 2. The summed E-state index contributed by atoms with van der Waals surface area (Å²) in [6, 6.07) is 24.0. The van der Waals surface area contributed by atoms with E-state index in [4.69, 9.17) is 9.94 Å². The molecular formula is C30H29N3O5. The molecule has 0 bridgehead atoms. The van der Waals surface area contributed by atoms with Gasteiger partial charge in [-0.15, -0.1) is 0 Å². The van der Waals surface area contributed by atoms with Crippen LogP contribution in [0.1, 0.15) is 40.7 Å². The Morgan fingerprint density at radius 2 is 1.79 bits per heavy atom. The number of hydrogen-bond donors (Lipinski definition) is 3. The predicted octanol–water partition coefficient (Wildman–Crippen LogP) is 4.21. The molecule has 2 atom stereocenters. The second-order valence-corrected chi connectivity index (χ2v) is 9.73. The van der Waals surface area contributed by atoms with Gasteiger partial charge in [-0.2, -0.15) is 0 Å². The molecule has 0 saturated carbocycles. The summed E-state index contributed by atoms with van der Waals surface area (Å²) >= 11 is 0. The molecule has 2 aliphatic rings. The lowest BCUT2D eigenvalue weighted by molar-refractivity contribution is -0.127. The van der Waals surface area contributed by atoms with Crippen molar-refractivity contribution in [2.45, 2.75) is 37.5 Å². The zero-order chi connectivity index (χ0) is 26.5. The first kappa shape index (κ1) is 25.4. The zero-order valence-corrected chi connectivity index (χ0v) is 20.8. The maximum atomic E-state index is 13.6. The fourth-order valence-electron chi connectivity index (χ4n) is 5.18. The molecule has 2 aliphatic heterocycles. The number of piperidine rings is 1. The van der Waals surface area contributed by atoms with Crippen molar-refractivity contribution in [1.82, 2.24) is 10.4 Å². The van der Waals surface area contributed by atoms with Crippen LogP contribution in [-0.4, -0.2) is 45.9 Å². The molecule has 194 valence electrons. The van der Waals surface area contributed by atoms with E-state index in [-0.39, 0.29) is 18.1 Å². The summed E-state index contributed by atoms with van der Waals surface area (Å²) in [5.74, 6) is -0.377. The largest absolute Gasteiger partial charge is 0.486 e. The lowest BCUT2D eigenvalue weighted by Gasteiger charge is -2.47. The van der Waals surface area contributed by atoms with Crippen LogP contribution in [0.4, 0.5) is 5.69 Å². The molecule has 0 aromatic heterocycles. The molecule has 2 unspecified atom stereocenters. The van der Waals surface area contributed by atoms with Gasteiger partial charge in [0.25, 0.3) is 5.91 Å². The number of fused-ring (bicyclic) bond motifs is 1. The van der Waals surface area contributed by atoms with Crippen molar-refractivity contribution in [3.63, 3.8) is 0 Å². The summed E-state index contributed by atoms with van der Waals surface area (Å²) in [4.78, 5) is 40.3. The van der Waals surface area contributed by atoms with Crippen LogP contribution >= 0.6 is 0 Å². The minimum Gasteiger partial charge on any atom is -0.486 e. The molecule has 38 heavy (non-hydrogen) atoms. The molecule has 2 heterocycles. The van der Waals surface area contributed by atoms with Gasteiger partial charge in [-0.1, -0.05) is 54.6 Å². The number of hydroxylamine groups is 1. The van der Waals surface area contributed by atoms with Crippen LogP contribution in [-0.2, 0) is 16.1 Å². The van der Waals surface area contributed by atoms with Crippen LogP contribution in [0, 0.1) is 0 Å². The average molecular weight is 512 g/mol. The van der Waals surface area contributed by atoms with E-state index in [2.05, 4.69) is 10.2 Å². The van der Waals surface area contributed by atoms with E-state index in [0.29, 0.717) is 42.8 Å². The fourth-order valence-corrected chi connectivity index (χ4v) is 5.18. The van der Waals surface area contributed by atoms with Gasteiger partial charge >= 0.3 is 0 Å². The van der Waals surface area contributed by atoms with E-state index < -0.39 is 17.6 Å². The van der Waals surface area contributed by atoms with Crippen molar-refractivity contribution in [2.24, 2.45) is 0 Å². The Morgan fingerprint density at radius 3 is 2.53 bits per heavy atom. The molecule has 3 N–H and O–H groups in total. The number of likely N-dealkylation sites (tertiary alicyclic amines) is 1. The van der Waals surface area contributed by atoms with Crippen molar-refractivity contribution in [2.75, 3.05) is 11.9 Å². The van der Waals surface area contributed by atoms with Crippen LogP contribution in [0.5, 0.6) is 5.75 Å².